The summed E-state index contributed by atoms with van der Waals surface area (Å²) >= 11 is 0. The zero-order valence-electron chi connectivity index (χ0n) is 11.6. The van der Waals surface area contributed by atoms with Gasteiger partial charge in [-0.15, -0.1) is 0 Å². The first-order valence-corrected chi connectivity index (χ1v) is 6.38. The Kier molecular flexibility index (Phi) is 4.21. The number of ether oxygens (including phenoxy) is 2. The van der Waals surface area contributed by atoms with Crippen LogP contribution in [0.5, 0.6) is 5.88 Å². The molecule has 0 bridgehead atoms. The van der Waals surface area contributed by atoms with Crippen LogP contribution >= 0.6 is 0 Å². The number of rotatable bonds is 6. The average Bonchev–Trinajstić information content (AvgIpc) is 2.73. The van der Waals surface area contributed by atoms with Crippen molar-refractivity contribution in [3.05, 3.63) is 12.1 Å². The summed E-state index contributed by atoms with van der Waals surface area (Å²) in [5, 5.41) is 0. The summed E-state index contributed by atoms with van der Waals surface area (Å²) in [4.78, 5) is 8.78. The Morgan fingerprint density at radius 2 is 2.11 bits per heavy atom. The number of pyridine rings is 1. The van der Waals surface area contributed by atoms with E-state index in [9.17, 15) is 0 Å². The topological polar surface area (TPSA) is 75.2 Å². The summed E-state index contributed by atoms with van der Waals surface area (Å²) in [6, 6.07) is 3.79. The summed E-state index contributed by atoms with van der Waals surface area (Å²) in [5.41, 5.74) is 7.54. The van der Waals surface area contributed by atoms with Crippen LogP contribution in [0.2, 0.25) is 0 Å². The lowest BCUT2D eigenvalue weighted by Crippen LogP contribution is -2.17. The Morgan fingerprint density at radius 1 is 1.32 bits per heavy atom. The molecule has 6 nitrogen and oxygen atoms in total. The molecule has 104 valence electrons. The van der Waals surface area contributed by atoms with E-state index in [1.807, 2.05) is 10.6 Å². The fourth-order valence-corrected chi connectivity index (χ4v) is 2.26. The third-order valence-electron chi connectivity index (χ3n) is 3.09. The maximum atomic E-state index is 6.02. The Hall–Kier alpha value is -1.82. The zero-order chi connectivity index (χ0) is 13.8. The maximum Gasteiger partial charge on any atom is 0.215 e. The Balaban J connectivity index is 2.52. The van der Waals surface area contributed by atoms with Gasteiger partial charge in [-0.05, 0) is 12.5 Å². The number of anilines is 1. The molecular weight excluding hydrogens is 244 g/mol. The second-order valence-corrected chi connectivity index (χ2v) is 4.43. The molecule has 2 heterocycles. The van der Waals surface area contributed by atoms with Crippen LogP contribution < -0.4 is 10.5 Å². The molecule has 0 saturated carbocycles. The lowest BCUT2D eigenvalue weighted by Gasteiger charge is -2.18. The Morgan fingerprint density at radius 3 is 2.74 bits per heavy atom. The number of aromatic nitrogens is 3. The van der Waals surface area contributed by atoms with Crippen LogP contribution in [0.4, 0.5) is 5.95 Å². The van der Waals surface area contributed by atoms with Crippen LogP contribution in [0.15, 0.2) is 12.1 Å². The van der Waals surface area contributed by atoms with E-state index in [0.29, 0.717) is 18.4 Å². The van der Waals surface area contributed by atoms with Gasteiger partial charge in [0.05, 0.1) is 19.8 Å². The molecule has 0 radical (unpaired) electrons. The number of nitrogens with two attached hydrogens (primary N) is 1. The highest BCUT2D eigenvalue weighted by atomic mass is 16.5. The van der Waals surface area contributed by atoms with Gasteiger partial charge in [-0.2, -0.15) is 4.98 Å². The van der Waals surface area contributed by atoms with E-state index in [2.05, 4.69) is 16.9 Å². The molecule has 2 aromatic rings. The van der Waals surface area contributed by atoms with Crippen LogP contribution in [0, 0.1) is 0 Å². The van der Waals surface area contributed by atoms with Crippen molar-refractivity contribution in [3.63, 3.8) is 0 Å². The predicted octanol–water partition coefficient (Wildman–Crippen LogP) is 2.01. The van der Waals surface area contributed by atoms with Gasteiger partial charge in [0.1, 0.15) is 5.52 Å². The van der Waals surface area contributed by atoms with Crippen LogP contribution in [-0.2, 0) is 4.74 Å². The van der Waals surface area contributed by atoms with Crippen molar-refractivity contribution in [3.8, 4) is 5.88 Å². The van der Waals surface area contributed by atoms with Gasteiger partial charge in [-0.3, -0.25) is 4.57 Å². The molecule has 0 aliphatic carbocycles. The third-order valence-corrected chi connectivity index (χ3v) is 3.09. The standard InChI is InChI=1S/C13H20N4O2/c1-4-5-9(8-18-2)17-12-10(15-13(17)14)6-7-11(16-12)19-3/h6-7,9H,4-5,8H2,1-3H3,(H2,14,15). The Labute approximate surface area is 112 Å². The van der Waals surface area contributed by atoms with Gasteiger partial charge in [-0.25, -0.2) is 4.98 Å². The first kappa shape index (κ1) is 13.6. The molecule has 0 aliphatic heterocycles. The van der Waals surface area contributed by atoms with Crippen molar-refractivity contribution >= 4 is 17.1 Å². The predicted molar refractivity (Wildman–Crippen MR) is 74.3 cm³/mol. The van der Waals surface area contributed by atoms with Crippen LogP contribution in [0.1, 0.15) is 25.8 Å². The highest BCUT2D eigenvalue weighted by Gasteiger charge is 2.18. The van der Waals surface area contributed by atoms with Crippen LogP contribution in [0.25, 0.3) is 11.2 Å². The third kappa shape index (κ3) is 2.63. The number of nitrogen functional groups attached to an aromatic ring is 1. The van der Waals surface area contributed by atoms with Gasteiger partial charge in [0.2, 0.25) is 11.8 Å². The first-order valence-electron chi connectivity index (χ1n) is 6.38. The molecule has 1 atom stereocenters. The number of hydrogen-bond acceptors (Lipinski definition) is 5. The lowest BCUT2D eigenvalue weighted by molar-refractivity contribution is 0.152. The molecule has 2 N–H and O–H groups in total. The minimum atomic E-state index is 0.139. The summed E-state index contributed by atoms with van der Waals surface area (Å²) in [5.74, 6) is 1.02. The fraction of sp³-hybridized carbons (Fsp3) is 0.538. The highest BCUT2D eigenvalue weighted by Crippen LogP contribution is 2.26. The maximum absolute atomic E-state index is 6.02. The molecule has 0 spiro atoms. The summed E-state index contributed by atoms with van der Waals surface area (Å²) < 4.78 is 12.4. The molecule has 2 rings (SSSR count). The van der Waals surface area contributed by atoms with Crippen molar-refractivity contribution in [1.82, 2.24) is 14.5 Å². The van der Waals surface area contributed by atoms with E-state index in [4.69, 9.17) is 15.2 Å². The summed E-state index contributed by atoms with van der Waals surface area (Å²) in [6.07, 6.45) is 2.00. The van der Waals surface area contributed by atoms with Crippen molar-refractivity contribution in [2.75, 3.05) is 26.6 Å². The average molecular weight is 264 g/mol. The van der Waals surface area contributed by atoms with Gasteiger partial charge >= 0.3 is 0 Å². The van der Waals surface area contributed by atoms with Crippen LogP contribution in [-0.4, -0.2) is 35.4 Å². The second kappa shape index (κ2) is 5.88. The highest BCUT2D eigenvalue weighted by molar-refractivity contribution is 5.75. The molecule has 0 fully saturated rings. The van der Waals surface area contributed by atoms with Crippen molar-refractivity contribution in [1.29, 1.82) is 0 Å². The summed E-state index contributed by atoms with van der Waals surface area (Å²) in [7, 11) is 3.28. The van der Waals surface area contributed by atoms with E-state index in [1.165, 1.54) is 0 Å². The number of hydrogen-bond donors (Lipinski definition) is 1. The van der Waals surface area contributed by atoms with E-state index in [-0.39, 0.29) is 6.04 Å². The van der Waals surface area contributed by atoms with E-state index < -0.39 is 0 Å². The zero-order valence-corrected chi connectivity index (χ0v) is 11.6. The smallest absolute Gasteiger partial charge is 0.215 e. The van der Waals surface area contributed by atoms with Crippen LogP contribution in [0.3, 0.4) is 0 Å². The minimum Gasteiger partial charge on any atom is -0.481 e. The van der Waals surface area contributed by atoms with Gasteiger partial charge in [0.15, 0.2) is 5.65 Å². The molecule has 0 aromatic carbocycles. The monoisotopic (exact) mass is 264 g/mol. The molecule has 0 saturated heterocycles. The second-order valence-electron chi connectivity index (χ2n) is 4.43. The lowest BCUT2D eigenvalue weighted by atomic mass is 10.2. The van der Waals surface area contributed by atoms with Crippen molar-refractivity contribution < 1.29 is 9.47 Å². The Bertz CT molecular complexity index is 547. The SMILES string of the molecule is CCCC(COC)n1c(N)nc2ccc(OC)nc21. The molecule has 19 heavy (non-hydrogen) atoms. The number of methoxy groups -OCH3 is 2. The molecule has 2 aromatic heterocycles. The van der Waals surface area contributed by atoms with E-state index in [1.54, 1.807) is 20.3 Å². The van der Waals surface area contributed by atoms with Crippen molar-refractivity contribution in [2.45, 2.75) is 25.8 Å². The van der Waals surface area contributed by atoms with Gasteiger partial charge < -0.3 is 15.2 Å². The van der Waals surface area contributed by atoms with Crippen molar-refractivity contribution in [2.24, 2.45) is 0 Å². The quantitative estimate of drug-likeness (QED) is 0.863. The minimum absolute atomic E-state index is 0.139. The molecular formula is C13H20N4O2. The summed E-state index contributed by atoms with van der Waals surface area (Å²) in [6.45, 7) is 2.72. The molecule has 6 heteroatoms. The molecule has 0 amide bonds. The number of imidazole rings is 1. The first-order chi connectivity index (χ1) is 9.21. The van der Waals surface area contributed by atoms with E-state index >= 15 is 0 Å². The number of nitrogens with zero attached hydrogens (tertiary/aromatic N) is 3. The van der Waals surface area contributed by atoms with E-state index in [0.717, 1.165) is 24.0 Å². The van der Waals surface area contributed by atoms with Gasteiger partial charge in [0.25, 0.3) is 0 Å². The number of fused-ring (bicyclic) bond motifs is 1. The largest absolute Gasteiger partial charge is 0.481 e. The molecule has 0 aliphatic rings. The molecule has 1 unspecified atom stereocenters. The van der Waals surface area contributed by atoms with Gasteiger partial charge in [-0.1, -0.05) is 13.3 Å². The van der Waals surface area contributed by atoms with Gasteiger partial charge in [0, 0.05) is 13.2 Å². The fourth-order valence-electron chi connectivity index (χ4n) is 2.26. The normalized spacial score (nSPS) is 12.8.